The van der Waals surface area contributed by atoms with Crippen LogP contribution in [0.2, 0.25) is 0 Å². The fourth-order valence-electron chi connectivity index (χ4n) is 2.40. The summed E-state index contributed by atoms with van der Waals surface area (Å²) in [7, 11) is 1.41. The topological polar surface area (TPSA) is 49.4 Å². The molecule has 1 aromatic rings. The molecule has 126 valence electrons. The summed E-state index contributed by atoms with van der Waals surface area (Å²) >= 11 is 0. The van der Waals surface area contributed by atoms with Crippen LogP contribution in [0.4, 0.5) is 22.0 Å². The molecule has 4 nitrogen and oxygen atoms in total. The summed E-state index contributed by atoms with van der Waals surface area (Å²) in [6, 6.07) is -0.544. The predicted molar refractivity (Wildman–Crippen MR) is 69.0 cm³/mol. The number of amides is 2. The van der Waals surface area contributed by atoms with E-state index in [2.05, 4.69) is 0 Å². The Bertz CT molecular complexity index is 612. The number of hydrogen-bond acceptors (Lipinski definition) is 2. The van der Waals surface area contributed by atoms with Crippen LogP contribution in [0.25, 0.3) is 0 Å². The van der Waals surface area contributed by atoms with Gasteiger partial charge in [-0.3, -0.25) is 9.59 Å². The first-order chi connectivity index (χ1) is 10.6. The van der Waals surface area contributed by atoms with Crippen LogP contribution in [0.15, 0.2) is 18.2 Å². The van der Waals surface area contributed by atoms with Gasteiger partial charge in [-0.2, -0.15) is 13.2 Å². The number of alkyl halides is 3. The average molecular weight is 336 g/mol. The van der Waals surface area contributed by atoms with E-state index in [1.54, 1.807) is 5.32 Å². The van der Waals surface area contributed by atoms with Crippen molar-refractivity contribution in [3.63, 3.8) is 0 Å². The van der Waals surface area contributed by atoms with E-state index in [-0.39, 0.29) is 18.9 Å². The second-order valence-electron chi connectivity index (χ2n) is 5.29. The Morgan fingerprint density at radius 1 is 1.30 bits per heavy atom. The Morgan fingerprint density at radius 2 is 1.87 bits per heavy atom. The molecule has 2 rings (SSSR count). The lowest BCUT2D eigenvalue weighted by Crippen LogP contribution is -2.42. The molecular formula is C14H13F5N2O2. The molecule has 2 amide bonds. The van der Waals surface area contributed by atoms with Crippen molar-refractivity contribution in [3.8, 4) is 0 Å². The summed E-state index contributed by atoms with van der Waals surface area (Å²) < 4.78 is 66.7. The number of hydrogen-bond donors (Lipinski definition) is 1. The van der Waals surface area contributed by atoms with E-state index in [0.29, 0.717) is 12.1 Å². The summed E-state index contributed by atoms with van der Waals surface area (Å²) in [5, 5.41) is 1.62. The Hall–Kier alpha value is -2.19. The van der Waals surface area contributed by atoms with E-state index >= 15 is 0 Å². The minimum atomic E-state index is -5.09. The lowest BCUT2D eigenvalue weighted by atomic mass is 10.0. The van der Waals surface area contributed by atoms with Crippen molar-refractivity contribution in [2.75, 3.05) is 13.6 Å². The van der Waals surface area contributed by atoms with Gasteiger partial charge in [-0.05, 0) is 12.1 Å². The third-order valence-electron chi connectivity index (χ3n) is 3.61. The summed E-state index contributed by atoms with van der Waals surface area (Å²) in [4.78, 5) is 24.5. The van der Waals surface area contributed by atoms with Gasteiger partial charge in [0, 0.05) is 20.0 Å². The smallest absolute Gasteiger partial charge is 0.345 e. The van der Waals surface area contributed by atoms with Crippen LogP contribution in [-0.2, 0) is 9.59 Å². The number of halogens is 5. The molecule has 1 fully saturated rings. The standard InChI is InChI=1S/C14H13F5N2O2/c1-21-6-7(5-10(21)22)13(23)20-12(14(17,18)19)11-8(15)3-2-4-9(11)16/h2-4,7,12H,5-6H2,1H3,(H,20,23)/t7-,12+/m0/s1. The van der Waals surface area contributed by atoms with Crippen molar-refractivity contribution in [2.45, 2.75) is 18.6 Å². The van der Waals surface area contributed by atoms with Gasteiger partial charge >= 0.3 is 6.18 Å². The van der Waals surface area contributed by atoms with E-state index in [0.717, 1.165) is 6.07 Å². The molecule has 1 heterocycles. The molecule has 1 aliphatic heterocycles. The van der Waals surface area contributed by atoms with Gasteiger partial charge in [0.2, 0.25) is 11.8 Å². The quantitative estimate of drug-likeness (QED) is 0.860. The average Bonchev–Trinajstić information content (AvgIpc) is 2.76. The maximum Gasteiger partial charge on any atom is 0.413 e. The van der Waals surface area contributed by atoms with Gasteiger partial charge in [-0.25, -0.2) is 8.78 Å². The van der Waals surface area contributed by atoms with Gasteiger partial charge in [-0.15, -0.1) is 0 Å². The summed E-state index contributed by atoms with van der Waals surface area (Å²) in [5.41, 5.74) is -1.27. The fraction of sp³-hybridized carbons (Fsp3) is 0.429. The Kier molecular flexibility index (Phi) is 4.58. The number of nitrogens with zero attached hydrogens (tertiary/aromatic N) is 1. The lowest BCUT2D eigenvalue weighted by Gasteiger charge is -2.24. The maximum absolute atomic E-state index is 13.6. The van der Waals surface area contributed by atoms with E-state index in [9.17, 15) is 31.5 Å². The van der Waals surface area contributed by atoms with Crippen LogP contribution in [0.3, 0.4) is 0 Å². The van der Waals surface area contributed by atoms with Crippen LogP contribution in [-0.4, -0.2) is 36.5 Å². The second-order valence-corrected chi connectivity index (χ2v) is 5.29. The molecule has 1 aliphatic rings. The normalized spacial score (nSPS) is 19.8. The first kappa shape index (κ1) is 17.2. The van der Waals surface area contributed by atoms with Crippen molar-refractivity contribution in [1.82, 2.24) is 10.2 Å². The van der Waals surface area contributed by atoms with E-state index in [1.165, 1.54) is 11.9 Å². The monoisotopic (exact) mass is 336 g/mol. The molecule has 1 saturated heterocycles. The summed E-state index contributed by atoms with van der Waals surface area (Å²) in [6.45, 7) is -0.0466. The Labute approximate surface area is 128 Å². The third kappa shape index (κ3) is 3.59. The SMILES string of the molecule is CN1C[C@@H](C(=O)N[C@H](c2c(F)cccc2F)C(F)(F)F)CC1=O. The van der Waals surface area contributed by atoms with Crippen LogP contribution in [0.1, 0.15) is 18.0 Å². The van der Waals surface area contributed by atoms with Gasteiger partial charge in [0.15, 0.2) is 6.04 Å². The van der Waals surface area contributed by atoms with Crippen LogP contribution >= 0.6 is 0 Å². The molecule has 23 heavy (non-hydrogen) atoms. The van der Waals surface area contributed by atoms with Gasteiger partial charge in [0.1, 0.15) is 11.6 Å². The number of benzene rings is 1. The number of nitrogens with one attached hydrogen (secondary N) is 1. The molecule has 0 aromatic heterocycles. The van der Waals surface area contributed by atoms with Gasteiger partial charge in [0.05, 0.1) is 11.5 Å². The highest BCUT2D eigenvalue weighted by atomic mass is 19.4. The molecule has 0 bridgehead atoms. The highest BCUT2D eigenvalue weighted by Gasteiger charge is 2.46. The van der Waals surface area contributed by atoms with Crippen LogP contribution < -0.4 is 5.32 Å². The fourth-order valence-corrected chi connectivity index (χ4v) is 2.40. The largest absolute Gasteiger partial charge is 0.413 e. The molecule has 1 N–H and O–H groups in total. The van der Waals surface area contributed by atoms with E-state index in [1.807, 2.05) is 0 Å². The van der Waals surface area contributed by atoms with Crippen molar-refractivity contribution in [3.05, 3.63) is 35.4 Å². The van der Waals surface area contributed by atoms with Crippen LogP contribution in [0, 0.1) is 17.6 Å². The molecule has 0 radical (unpaired) electrons. The molecule has 0 saturated carbocycles. The minimum absolute atomic E-state index is 0.0466. The van der Waals surface area contributed by atoms with Gasteiger partial charge in [0.25, 0.3) is 0 Å². The second kappa shape index (κ2) is 6.13. The van der Waals surface area contributed by atoms with Gasteiger partial charge < -0.3 is 10.2 Å². The first-order valence-corrected chi connectivity index (χ1v) is 6.66. The molecule has 2 atom stereocenters. The zero-order chi connectivity index (χ0) is 17.4. The van der Waals surface area contributed by atoms with Crippen molar-refractivity contribution < 1.29 is 31.5 Å². The van der Waals surface area contributed by atoms with E-state index < -0.39 is 41.2 Å². The Morgan fingerprint density at radius 3 is 2.30 bits per heavy atom. The highest BCUT2D eigenvalue weighted by Crippen LogP contribution is 2.36. The molecular weight excluding hydrogens is 323 g/mol. The van der Waals surface area contributed by atoms with Crippen molar-refractivity contribution >= 4 is 11.8 Å². The maximum atomic E-state index is 13.6. The van der Waals surface area contributed by atoms with Crippen molar-refractivity contribution in [2.24, 2.45) is 5.92 Å². The molecule has 9 heteroatoms. The molecule has 0 aliphatic carbocycles. The molecule has 0 spiro atoms. The zero-order valence-corrected chi connectivity index (χ0v) is 12.0. The minimum Gasteiger partial charge on any atom is -0.345 e. The van der Waals surface area contributed by atoms with Crippen LogP contribution in [0.5, 0.6) is 0 Å². The summed E-state index contributed by atoms with van der Waals surface area (Å²) in [6.07, 6.45) is -5.33. The highest BCUT2D eigenvalue weighted by molar-refractivity contribution is 5.89. The molecule has 0 unspecified atom stereocenters. The predicted octanol–water partition coefficient (Wildman–Crippen LogP) is 2.16. The summed E-state index contributed by atoms with van der Waals surface area (Å²) in [5.74, 6) is -5.27. The Balaban J connectivity index is 2.28. The zero-order valence-electron chi connectivity index (χ0n) is 12.0. The number of carbonyl (C=O) groups is 2. The molecule has 1 aromatic carbocycles. The van der Waals surface area contributed by atoms with Crippen molar-refractivity contribution in [1.29, 1.82) is 0 Å². The van der Waals surface area contributed by atoms with E-state index in [4.69, 9.17) is 0 Å². The van der Waals surface area contributed by atoms with Gasteiger partial charge in [-0.1, -0.05) is 6.07 Å². The first-order valence-electron chi connectivity index (χ1n) is 6.66. The third-order valence-corrected chi connectivity index (χ3v) is 3.61. The lowest BCUT2D eigenvalue weighted by molar-refractivity contribution is -0.165. The number of rotatable bonds is 3. The number of likely N-dealkylation sites (tertiary alicyclic amines) is 1. The number of carbonyl (C=O) groups excluding carboxylic acids is 2.